The Morgan fingerprint density at radius 1 is 0.806 bits per heavy atom. The molecule has 0 radical (unpaired) electrons. The summed E-state index contributed by atoms with van der Waals surface area (Å²) in [6.45, 7) is 0. The summed E-state index contributed by atoms with van der Waals surface area (Å²) in [5.41, 5.74) is -0.256. The number of carbonyl (C=O) groups is 1. The summed E-state index contributed by atoms with van der Waals surface area (Å²) in [4.78, 5) is 9.88. The fourth-order valence-electron chi connectivity index (χ4n) is 2.36. The van der Waals surface area contributed by atoms with Crippen molar-refractivity contribution in [1.82, 2.24) is 0 Å². The van der Waals surface area contributed by atoms with Crippen LogP contribution in [0.1, 0.15) is 10.4 Å². The molecule has 0 atom stereocenters. The van der Waals surface area contributed by atoms with Gasteiger partial charge in [0.2, 0.25) is 17.4 Å². The second kappa shape index (κ2) is 8.80. The molecule has 3 aromatic rings. The van der Waals surface area contributed by atoms with E-state index >= 15 is 0 Å². The standard InChI is InChI=1S/C19H9F4IO6S/c20-13-15(22)18(31(26,27)28)16(23)14(21)17(13)30-19(25)9-1-5-11(6-2-9)29-12-7-3-10(24)4-8-12/h1-8H,(H,26,27,28). The molecule has 0 spiro atoms. The van der Waals surface area contributed by atoms with Crippen LogP contribution < -0.4 is 9.47 Å². The number of benzene rings is 3. The summed E-state index contributed by atoms with van der Waals surface area (Å²) < 4.78 is 97.1. The lowest BCUT2D eigenvalue weighted by Gasteiger charge is -2.11. The number of rotatable bonds is 5. The average molecular weight is 568 g/mol. The van der Waals surface area contributed by atoms with Gasteiger partial charge in [-0.3, -0.25) is 4.55 Å². The van der Waals surface area contributed by atoms with E-state index < -0.39 is 50.0 Å². The molecule has 3 rings (SSSR count). The van der Waals surface area contributed by atoms with Gasteiger partial charge in [-0.1, -0.05) is 0 Å². The minimum Gasteiger partial charge on any atom is -0.457 e. The summed E-state index contributed by atoms with van der Waals surface area (Å²) in [5, 5.41) is 0. The number of hydrogen-bond donors (Lipinski definition) is 1. The zero-order valence-electron chi connectivity index (χ0n) is 14.9. The Kier molecular flexibility index (Phi) is 6.52. The zero-order chi connectivity index (χ0) is 22.9. The van der Waals surface area contributed by atoms with E-state index in [0.29, 0.717) is 11.5 Å². The zero-order valence-corrected chi connectivity index (χ0v) is 17.9. The van der Waals surface area contributed by atoms with Crippen molar-refractivity contribution in [1.29, 1.82) is 0 Å². The topological polar surface area (TPSA) is 89.9 Å². The lowest BCUT2D eigenvalue weighted by Crippen LogP contribution is -2.15. The van der Waals surface area contributed by atoms with Crippen LogP contribution >= 0.6 is 22.6 Å². The van der Waals surface area contributed by atoms with Crippen molar-refractivity contribution in [3.8, 4) is 17.2 Å². The molecule has 0 saturated carbocycles. The second-order valence-electron chi connectivity index (χ2n) is 5.86. The van der Waals surface area contributed by atoms with E-state index in [4.69, 9.17) is 9.29 Å². The average Bonchev–Trinajstić information content (AvgIpc) is 2.71. The SMILES string of the molecule is O=C(Oc1c(F)c(F)c(S(=O)(=O)O)c(F)c1F)c1ccc(Oc2ccc(I)cc2)cc1. The van der Waals surface area contributed by atoms with Crippen LogP contribution in [-0.2, 0) is 10.1 Å². The first kappa shape index (κ1) is 23.0. The van der Waals surface area contributed by atoms with Gasteiger partial charge >= 0.3 is 16.1 Å². The van der Waals surface area contributed by atoms with Gasteiger partial charge in [0, 0.05) is 3.57 Å². The van der Waals surface area contributed by atoms with Crippen molar-refractivity contribution in [3.05, 3.63) is 80.9 Å². The molecule has 0 aromatic heterocycles. The molecular formula is C19H9F4IO6S. The van der Waals surface area contributed by atoms with E-state index in [2.05, 4.69) is 27.3 Å². The van der Waals surface area contributed by atoms with Crippen molar-refractivity contribution < 1.29 is 44.8 Å². The molecule has 0 saturated heterocycles. The van der Waals surface area contributed by atoms with E-state index in [1.807, 2.05) is 0 Å². The van der Waals surface area contributed by atoms with Gasteiger partial charge in [0.25, 0.3) is 0 Å². The molecule has 0 aliphatic rings. The maximum atomic E-state index is 14.0. The van der Waals surface area contributed by atoms with Crippen molar-refractivity contribution in [2.24, 2.45) is 0 Å². The summed E-state index contributed by atoms with van der Waals surface area (Å²) in [7, 11) is -5.62. The first-order valence-corrected chi connectivity index (χ1v) is 10.6. The summed E-state index contributed by atoms with van der Waals surface area (Å²) >= 11 is 2.11. The van der Waals surface area contributed by atoms with Crippen molar-refractivity contribution in [2.75, 3.05) is 0 Å². The van der Waals surface area contributed by atoms with Crippen LogP contribution in [0.15, 0.2) is 53.4 Å². The smallest absolute Gasteiger partial charge is 0.343 e. The van der Waals surface area contributed by atoms with Crippen LogP contribution in [0.3, 0.4) is 0 Å². The summed E-state index contributed by atoms with van der Waals surface area (Å²) in [5.74, 6) is -11.9. The number of carbonyl (C=O) groups excluding carboxylic acids is 1. The van der Waals surface area contributed by atoms with Crippen molar-refractivity contribution in [3.63, 3.8) is 0 Å². The molecule has 1 N–H and O–H groups in total. The van der Waals surface area contributed by atoms with Crippen LogP contribution in [-0.4, -0.2) is 18.9 Å². The molecule has 0 heterocycles. The number of halogens is 5. The fourth-order valence-corrected chi connectivity index (χ4v) is 3.35. The van der Waals surface area contributed by atoms with Gasteiger partial charge in [0.05, 0.1) is 5.56 Å². The van der Waals surface area contributed by atoms with Crippen LogP contribution in [0, 0.1) is 26.8 Å². The molecule has 0 amide bonds. The predicted octanol–water partition coefficient (Wildman–Crippen LogP) is 5.11. The Labute approximate surface area is 186 Å². The Morgan fingerprint density at radius 2 is 1.26 bits per heavy atom. The molecule has 6 nitrogen and oxygen atoms in total. The maximum absolute atomic E-state index is 14.0. The van der Waals surface area contributed by atoms with Gasteiger partial charge < -0.3 is 9.47 Å². The number of hydrogen-bond acceptors (Lipinski definition) is 5. The van der Waals surface area contributed by atoms with Gasteiger partial charge in [-0.2, -0.15) is 17.2 Å². The minimum atomic E-state index is -5.62. The Balaban J connectivity index is 1.84. The third-order valence-corrected chi connectivity index (χ3v) is 5.37. The van der Waals surface area contributed by atoms with Gasteiger partial charge in [0.15, 0.2) is 16.5 Å². The van der Waals surface area contributed by atoms with Gasteiger partial charge in [-0.15, -0.1) is 0 Å². The predicted molar refractivity (Wildman–Crippen MR) is 107 cm³/mol. The highest BCUT2D eigenvalue weighted by atomic mass is 127. The normalized spacial score (nSPS) is 11.3. The summed E-state index contributed by atoms with van der Waals surface area (Å²) in [6.07, 6.45) is 0. The van der Waals surface area contributed by atoms with Crippen LogP contribution in [0.5, 0.6) is 17.2 Å². The van der Waals surface area contributed by atoms with Crippen molar-refractivity contribution in [2.45, 2.75) is 4.90 Å². The molecule has 162 valence electrons. The third-order valence-electron chi connectivity index (χ3n) is 3.77. The maximum Gasteiger partial charge on any atom is 0.343 e. The first-order chi connectivity index (χ1) is 14.5. The summed E-state index contributed by atoms with van der Waals surface area (Å²) in [6, 6.07) is 12.0. The Morgan fingerprint density at radius 3 is 1.71 bits per heavy atom. The Hall–Kier alpha value is -2.71. The highest BCUT2D eigenvalue weighted by Gasteiger charge is 2.34. The first-order valence-electron chi connectivity index (χ1n) is 8.08. The van der Waals surface area contributed by atoms with Gasteiger partial charge in [0.1, 0.15) is 11.5 Å². The monoisotopic (exact) mass is 568 g/mol. The van der Waals surface area contributed by atoms with E-state index in [9.17, 15) is 30.8 Å². The van der Waals surface area contributed by atoms with E-state index in [1.165, 1.54) is 24.3 Å². The molecule has 0 aliphatic heterocycles. The van der Waals surface area contributed by atoms with Crippen LogP contribution in [0.4, 0.5) is 17.6 Å². The molecule has 0 fully saturated rings. The molecule has 0 bridgehead atoms. The lowest BCUT2D eigenvalue weighted by atomic mass is 10.2. The highest BCUT2D eigenvalue weighted by Crippen LogP contribution is 2.33. The molecule has 12 heteroatoms. The second-order valence-corrected chi connectivity index (χ2v) is 8.46. The van der Waals surface area contributed by atoms with E-state index in [0.717, 1.165) is 3.57 Å². The van der Waals surface area contributed by atoms with Crippen LogP contribution in [0.25, 0.3) is 0 Å². The van der Waals surface area contributed by atoms with E-state index in [1.54, 1.807) is 24.3 Å². The van der Waals surface area contributed by atoms with Gasteiger partial charge in [-0.25, -0.2) is 13.6 Å². The number of ether oxygens (including phenoxy) is 2. The lowest BCUT2D eigenvalue weighted by molar-refractivity contribution is 0.0716. The van der Waals surface area contributed by atoms with Gasteiger partial charge in [-0.05, 0) is 71.1 Å². The van der Waals surface area contributed by atoms with Crippen molar-refractivity contribution >= 4 is 38.7 Å². The van der Waals surface area contributed by atoms with Crippen LogP contribution in [0.2, 0.25) is 0 Å². The van der Waals surface area contributed by atoms with E-state index in [-0.39, 0.29) is 5.56 Å². The fraction of sp³-hybridized carbons (Fsp3) is 0. The third kappa shape index (κ3) is 4.97. The largest absolute Gasteiger partial charge is 0.457 e. The minimum absolute atomic E-state index is 0.256. The quantitative estimate of drug-likeness (QED) is 0.115. The number of esters is 1. The Bertz CT molecular complexity index is 1230. The molecule has 3 aromatic carbocycles. The molecule has 0 unspecified atom stereocenters. The highest BCUT2D eigenvalue weighted by molar-refractivity contribution is 14.1. The molecule has 31 heavy (non-hydrogen) atoms. The molecular weight excluding hydrogens is 559 g/mol. The molecule has 0 aliphatic carbocycles.